The summed E-state index contributed by atoms with van der Waals surface area (Å²) < 4.78 is 8.15. The Bertz CT molecular complexity index is 1340. The lowest BCUT2D eigenvalue weighted by atomic mass is 10.2. The topological polar surface area (TPSA) is 68.8 Å². The van der Waals surface area contributed by atoms with Crippen LogP contribution in [-0.2, 0) is 0 Å². The Hall–Kier alpha value is -3.97. The minimum atomic E-state index is -0.460. The molecule has 6 nitrogen and oxygen atoms in total. The number of nitrogens with zero attached hydrogens (tertiary/aromatic N) is 3. The fourth-order valence-electron chi connectivity index (χ4n) is 3.15. The summed E-state index contributed by atoms with van der Waals surface area (Å²) in [5, 5.41) is 11.0. The van der Waals surface area contributed by atoms with E-state index in [4.69, 9.17) is 17.0 Å². The van der Waals surface area contributed by atoms with Gasteiger partial charge in [-0.3, -0.25) is 18.9 Å². The first-order chi connectivity index (χ1) is 15.1. The van der Waals surface area contributed by atoms with Gasteiger partial charge in [-0.2, -0.15) is 0 Å². The molecule has 4 rings (SSSR count). The van der Waals surface area contributed by atoms with Crippen LogP contribution < -0.4 is 10.3 Å². The van der Waals surface area contributed by atoms with Crippen molar-refractivity contribution in [1.29, 1.82) is 0 Å². The predicted molar refractivity (Wildman–Crippen MR) is 124 cm³/mol. The molecule has 0 aliphatic heterocycles. The summed E-state index contributed by atoms with van der Waals surface area (Å²) in [6, 6.07) is 25.3. The number of hydrogen-bond acceptors (Lipinski definition) is 5. The molecule has 0 aliphatic rings. The zero-order chi connectivity index (χ0) is 21.8. The zero-order valence-electron chi connectivity index (χ0n) is 16.7. The second-order valence-corrected chi connectivity index (χ2v) is 6.99. The smallest absolute Gasteiger partial charge is 0.271 e. The number of ether oxygens (including phenoxy) is 1. The molecule has 4 aromatic rings. The predicted octanol–water partition coefficient (Wildman–Crippen LogP) is 4.82. The van der Waals surface area contributed by atoms with Gasteiger partial charge in [0.2, 0.25) is 5.88 Å². The molecule has 1 heterocycles. The number of aromatic hydroxyl groups is 1. The van der Waals surface area contributed by atoms with Gasteiger partial charge >= 0.3 is 0 Å². The van der Waals surface area contributed by atoms with Crippen LogP contribution >= 0.6 is 12.2 Å². The third-order valence-electron chi connectivity index (χ3n) is 4.71. The first-order valence-electron chi connectivity index (χ1n) is 9.50. The maximum Gasteiger partial charge on any atom is 0.271 e. The van der Waals surface area contributed by atoms with Gasteiger partial charge in [-0.05, 0) is 60.7 Å². The minimum Gasteiger partial charge on any atom is -0.497 e. The van der Waals surface area contributed by atoms with E-state index in [9.17, 15) is 9.90 Å². The third-order valence-corrected chi connectivity index (χ3v) is 5.08. The van der Waals surface area contributed by atoms with Crippen LogP contribution in [0.25, 0.3) is 11.4 Å². The summed E-state index contributed by atoms with van der Waals surface area (Å²) >= 11 is 5.60. The van der Waals surface area contributed by atoms with Crippen LogP contribution in [0.2, 0.25) is 0 Å². The molecule has 0 bridgehead atoms. The Morgan fingerprint density at radius 2 is 1.42 bits per heavy atom. The van der Waals surface area contributed by atoms with Crippen molar-refractivity contribution < 1.29 is 9.84 Å². The van der Waals surface area contributed by atoms with E-state index < -0.39 is 5.56 Å². The van der Waals surface area contributed by atoms with Gasteiger partial charge in [0.25, 0.3) is 5.56 Å². The molecule has 0 aliphatic carbocycles. The lowest BCUT2D eigenvalue weighted by molar-refractivity contribution is 0.415. The molecule has 0 fully saturated rings. The average molecular weight is 430 g/mol. The van der Waals surface area contributed by atoms with Gasteiger partial charge < -0.3 is 9.84 Å². The van der Waals surface area contributed by atoms with E-state index in [0.717, 1.165) is 0 Å². The number of aromatic nitrogens is 2. The monoisotopic (exact) mass is 429 g/mol. The molecule has 0 radical (unpaired) electrons. The molecule has 0 atom stereocenters. The first-order valence-corrected chi connectivity index (χ1v) is 9.91. The molecule has 0 amide bonds. The van der Waals surface area contributed by atoms with E-state index in [1.54, 1.807) is 55.6 Å². The van der Waals surface area contributed by atoms with Gasteiger partial charge in [0.05, 0.1) is 24.2 Å². The molecule has 0 spiro atoms. The van der Waals surface area contributed by atoms with Crippen LogP contribution in [0, 0.1) is 4.77 Å². The molecule has 1 aromatic heterocycles. The number of aliphatic imine (C=N–C) groups is 1. The van der Waals surface area contributed by atoms with Crippen LogP contribution in [0.4, 0.5) is 5.69 Å². The van der Waals surface area contributed by atoms with Gasteiger partial charge in [0, 0.05) is 6.21 Å². The number of methoxy groups -OCH3 is 1. The van der Waals surface area contributed by atoms with E-state index in [1.165, 1.54) is 15.3 Å². The van der Waals surface area contributed by atoms with E-state index in [-0.39, 0.29) is 16.2 Å². The van der Waals surface area contributed by atoms with Crippen LogP contribution in [0.5, 0.6) is 11.6 Å². The molecule has 3 aromatic carbocycles. The van der Waals surface area contributed by atoms with Crippen LogP contribution in [-0.4, -0.2) is 27.6 Å². The van der Waals surface area contributed by atoms with Crippen molar-refractivity contribution in [2.45, 2.75) is 0 Å². The maximum atomic E-state index is 13.3. The first kappa shape index (κ1) is 20.3. The van der Waals surface area contributed by atoms with Crippen molar-refractivity contribution in [3.8, 4) is 23.0 Å². The Morgan fingerprint density at radius 3 is 1.97 bits per heavy atom. The van der Waals surface area contributed by atoms with Crippen molar-refractivity contribution >= 4 is 24.1 Å². The highest BCUT2D eigenvalue weighted by Gasteiger charge is 2.17. The Balaban J connectivity index is 1.95. The number of hydrogen-bond donors (Lipinski definition) is 1. The van der Waals surface area contributed by atoms with Gasteiger partial charge in [-0.15, -0.1) is 0 Å². The van der Waals surface area contributed by atoms with E-state index in [0.29, 0.717) is 22.8 Å². The summed E-state index contributed by atoms with van der Waals surface area (Å²) in [7, 11) is 1.58. The summed E-state index contributed by atoms with van der Waals surface area (Å²) in [6.45, 7) is 0. The summed E-state index contributed by atoms with van der Waals surface area (Å²) in [5.41, 5.74) is 1.41. The van der Waals surface area contributed by atoms with Crippen molar-refractivity contribution in [3.05, 3.63) is 106 Å². The fourth-order valence-corrected chi connectivity index (χ4v) is 3.53. The zero-order valence-corrected chi connectivity index (χ0v) is 17.5. The molecular weight excluding hydrogens is 410 g/mol. The lowest BCUT2D eigenvalue weighted by Crippen LogP contribution is -2.27. The normalized spacial score (nSPS) is 11.0. The molecule has 0 saturated carbocycles. The fraction of sp³-hybridized carbons (Fsp3) is 0.0417. The highest BCUT2D eigenvalue weighted by atomic mass is 32.1. The number of rotatable bonds is 5. The minimum absolute atomic E-state index is 0.0251. The van der Waals surface area contributed by atoms with E-state index >= 15 is 0 Å². The van der Waals surface area contributed by atoms with Crippen molar-refractivity contribution in [2.75, 3.05) is 7.11 Å². The molecule has 1 N–H and O–H groups in total. The van der Waals surface area contributed by atoms with Crippen molar-refractivity contribution in [3.63, 3.8) is 0 Å². The average Bonchev–Trinajstić information content (AvgIpc) is 2.81. The van der Waals surface area contributed by atoms with Gasteiger partial charge in [-0.25, -0.2) is 0 Å². The second kappa shape index (κ2) is 8.81. The Labute approximate surface area is 184 Å². The SMILES string of the molecule is COc1ccc(N=Cc2c(O)n(-c3ccccc3)c(=S)n(-c3ccccc3)c2=O)cc1. The van der Waals surface area contributed by atoms with Crippen LogP contribution in [0.15, 0.2) is 94.7 Å². The van der Waals surface area contributed by atoms with E-state index in [2.05, 4.69) is 4.99 Å². The van der Waals surface area contributed by atoms with Gasteiger partial charge in [-0.1, -0.05) is 36.4 Å². The van der Waals surface area contributed by atoms with E-state index in [1.807, 2.05) is 36.4 Å². The standard InChI is InChI=1S/C24H19N3O3S/c1-30-20-14-12-17(13-15-20)25-16-21-22(28)26(18-8-4-2-5-9-18)24(31)27(23(21)29)19-10-6-3-7-11-19/h2-16,28H,1H3. The maximum absolute atomic E-state index is 13.3. The molecule has 0 saturated heterocycles. The third kappa shape index (κ3) is 4.04. The highest BCUT2D eigenvalue weighted by molar-refractivity contribution is 7.71. The molecule has 31 heavy (non-hydrogen) atoms. The quantitative estimate of drug-likeness (QED) is 0.365. The van der Waals surface area contributed by atoms with Crippen molar-refractivity contribution in [2.24, 2.45) is 4.99 Å². The van der Waals surface area contributed by atoms with Crippen LogP contribution in [0.3, 0.4) is 0 Å². The molecule has 7 heteroatoms. The summed E-state index contributed by atoms with van der Waals surface area (Å²) in [6.07, 6.45) is 1.35. The van der Waals surface area contributed by atoms with Gasteiger partial charge in [0.15, 0.2) is 4.77 Å². The summed E-state index contributed by atoms with van der Waals surface area (Å²) in [4.78, 5) is 17.7. The second-order valence-electron chi connectivity index (χ2n) is 6.62. The Morgan fingerprint density at radius 1 is 0.871 bits per heavy atom. The molecule has 0 unspecified atom stereocenters. The largest absolute Gasteiger partial charge is 0.497 e. The number of benzene rings is 3. The van der Waals surface area contributed by atoms with Crippen molar-refractivity contribution in [1.82, 2.24) is 9.13 Å². The lowest BCUT2D eigenvalue weighted by Gasteiger charge is -2.16. The molecule has 154 valence electrons. The molecular formula is C24H19N3O3S. The van der Waals surface area contributed by atoms with Crippen LogP contribution in [0.1, 0.15) is 5.56 Å². The highest BCUT2D eigenvalue weighted by Crippen LogP contribution is 2.22. The Kier molecular flexibility index (Phi) is 5.77. The summed E-state index contributed by atoms with van der Waals surface area (Å²) in [5.74, 6) is 0.427. The van der Waals surface area contributed by atoms with Gasteiger partial charge in [0.1, 0.15) is 11.3 Å². The number of para-hydroxylation sites is 2.